The fraction of sp³-hybridized carbons (Fsp3) is 0.538. The van der Waals surface area contributed by atoms with E-state index in [4.69, 9.17) is 3.87 Å². The van der Waals surface area contributed by atoms with E-state index < -0.39 is 18.4 Å². The van der Waals surface area contributed by atoms with Crippen LogP contribution >= 0.6 is 0 Å². The summed E-state index contributed by atoms with van der Waals surface area (Å²) >= 11 is 0. The molecule has 0 bridgehead atoms. The second-order valence-corrected chi connectivity index (χ2v) is 11.4. The molecular weight excluding hydrogens is 264 g/mol. The van der Waals surface area contributed by atoms with Crippen LogP contribution in [0.4, 0.5) is 0 Å². The van der Waals surface area contributed by atoms with E-state index >= 15 is 0 Å². The lowest BCUT2D eigenvalue weighted by atomic mass is 10.2. The molecule has 0 aliphatic heterocycles. The van der Waals surface area contributed by atoms with Crippen molar-refractivity contribution < 1.29 is 12.3 Å². The predicted molar refractivity (Wildman–Crippen MR) is 76.8 cm³/mol. The van der Waals surface area contributed by atoms with Crippen molar-refractivity contribution in [3.05, 3.63) is 29.3 Å². The first-order valence-corrected chi connectivity index (χ1v) is 10.7. The molecule has 0 aromatic heterocycles. The summed E-state index contributed by atoms with van der Waals surface area (Å²) in [4.78, 5) is 0.275. The van der Waals surface area contributed by atoms with Gasteiger partial charge in [-0.3, -0.25) is 0 Å². The molecule has 0 fully saturated rings. The van der Waals surface area contributed by atoms with Crippen LogP contribution in [0.5, 0.6) is 0 Å². The molecule has 0 heterocycles. The first-order valence-electron chi connectivity index (χ1n) is 6.20. The van der Waals surface area contributed by atoms with Gasteiger partial charge in [0.15, 0.2) is 0 Å². The summed E-state index contributed by atoms with van der Waals surface area (Å²) in [5.74, 6) is 0. The van der Waals surface area contributed by atoms with Crippen molar-refractivity contribution in [3.8, 4) is 0 Å². The molecule has 0 aliphatic rings. The molecule has 1 aromatic carbocycles. The molecule has 0 saturated carbocycles. The normalized spacial score (nSPS) is 12.7. The molecule has 1 rings (SSSR count). The Bertz CT molecular complexity index is 501. The van der Waals surface area contributed by atoms with E-state index in [9.17, 15) is 8.42 Å². The van der Waals surface area contributed by atoms with Crippen molar-refractivity contribution in [3.63, 3.8) is 0 Å². The van der Waals surface area contributed by atoms with Gasteiger partial charge >= 0.3 is 0 Å². The first kappa shape index (κ1) is 15.4. The van der Waals surface area contributed by atoms with E-state index in [1.165, 1.54) is 0 Å². The third-order valence-corrected chi connectivity index (χ3v) is 7.87. The largest absolute Gasteiger partial charge is 0.312 e. The predicted octanol–water partition coefficient (Wildman–Crippen LogP) is 3.62. The summed E-state index contributed by atoms with van der Waals surface area (Å²) in [5.41, 5.74) is 1.87. The van der Waals surface area contributed by atoms with Gasteiger partial charge in [0, 0.05) is 0 Å². The molecule has 18 heavy (non-hydrogen) atoms. The van der Waals surface area contributed by atoms with E-state index in [1.54, 1.807) is 12.1 Å². The summed E-state index contributed by atoms with van der Waals surface area (Å²) < 4.78 is 30.0. The first-order chi connectivity index (χ1) is 8.16. The molecule has 0 unspecified atom stereocenters. The van der Waals surface area contributed by atoms with Gasteiger partial charge in [-0.2, -0.15) is 8.42 Å². The van der Waals surface area contributed by atoms with Gasteiger partial charge < -0.3 is 3.87 Å². The van der Waals surface area contributed by atoms with E-state index in [0.29, 0.717) is 0 Å². The molecular formula is C13H22O3SSi. The van der Waals surface area contributed by atoms with E-state index in [0.717, 1.165) is 23.6 Å². The van der Waals surface area contributed by atoms with Crippen LogP contribution in [-0.4, -0.2) is 16.7 Å². The lowest BCUT2D eigenvalue weighted by Crippen LogP contribution is -2.33. The van der Waals surface area contributed by atoms with Gasteiger partial charge in [-0.25, -0.2) is 0 Å². The van der Waals surface area contributed by atoms with Crippen molar-refractivity contribution in [2.45, 2.75) is 51.2 Å². The smallest absolute Gasteiger partial charge is 0.287 e. The monoisotopic (exact) mass is 286 g/mol. The summed E-state index contributed by atoms with van der Waals surface area (Å²) in [6.45, 7) is 9.70. The molecule has 0 aliphatic carbocycles. The Morgan fingerprint density at radius 1 is 1.11 bits per heavy atom. The Morgan fingerprint density at radius 3 is 2.06 bits per heavy atom. The summed E-state index contributed by atoms with van der Waals surface area (Å²) in [7, 11) is -5.77. The zero-order valence-corrected chi connectivity index (χ0v) is 13.6. The van der Waals surface area contributed by atoms with Gasteiger partial charge in [0.1, 0.15) is 0 Å². The third kappa shape index (κ3) is 4.22. The van der Waals surface area contributed by atoms with E-state index in [2.05, 4.69) is 0 Å². The summed E-state index contributed by atoms with van der Waals surface area (Å²) in [6.07, 6.45) is 0.946. The van der Waals surface area contributed by atoms with Crippen LogP contribution in [0.2, 0.25) is 19.1 Å². The minimum atomic E-state index is -3.62. The second-order valence-electron chi connectivity index (χ2n) is 5.37. The Hall–Kier alpha value is -0.653. The second kappa shape index (κ2) is 5.55. The molecule has 0 N–H and O–H groups in total. The molecule has 1 aromatic rings. The standard InChI is InChI=1S/C13H22O3SSi/c1-6-7-18(4,5)16-17(14,15)13-9-11(2)8-12(3)10-13/h8-10H,6-7H2,1-5H3. The highest BCUT2D eigenvalue weighted by Crippen LogP contribution is 2.23. The van der Waals surface area contributed by atoms with Crippen LogP contribution in [0.25, 0.3) is 0 Å². The number of hydrogen-bond acceptors (Lipinski definition) is 3. The lowest BCUT2D eigenvalue weighted by Gasteiger charge is -2.21. The third-order valence-electron chi connectivity index (χ3n) is 2.67. The molecule has 5 heteroatoms. The summed E-state index contributed by atoms with van der Waals surface area (Å²) in [6, 6.07) is 6.13. The molecule has 0 amide bonds. The zero-order valence-electron chi connectivity index (χ0n) is 11.8. The Kier molecular flexibility index (Phi) is 4.75. The van der Waals surface area contributed by atoms with Crippen LogP contribution < -0.4 is 0 Å². The molecule has 0 saturated heterocycles. The van der Waals surface area contributed by atoms with Crippen LogP contribution in [-0.2, 0) is 14.0 Å². The lowest BCUT2D eigenvalue weighted by molar-refractivity contribution is 0.480. The summed E-state index contributed by atoms with van der Waals surface area (Å²) in [5, 5.41) is 0. The number of aryl methyl sites for hydroxylation is 2. The highest BCUT2D eigenvalue weighted by molar-refractivity contribution is 7.87. The van der Waals surface area contributed by atoms with Gasteiger partial charge in [-0.15, -0.1) is 0 Å². The number of benzene rings is 1. The molecule has 102 valence electrons. The van der Waals surface area contributed by atoms with Crippen LogP contribution in [0.15, 0.2) is 23.1 Å². The van der Waals surface area contributed by atoms with Crippen LogP contribution in [0.3, 0.4) is 0 Å². The highest BCUT2D eigenvalue weighted by atomic mass is 32.2. The molecule has 0 atom stereocenters. The van der Waals surface area contributed by atoms with Gasteiger partial charge in [-0.1, -0.05) is 19.4 Å². The van der Waals surface area contributed by atoms with Crippen molar-refractivity contribution in [1.29, 1.82) is 0 Å². The van der Waals surface area contributed by atoms with Crippen molar-refractivity contribution >= 4 is 18.4 Å². The van der Waals surface area contributed by atoms with Gasteiger partial charge in [-0.05, 0) is 56.2 Å². The molecule has 3 nitrogen and oxygen atoms in total. The fourth-order valence-corrected chi connectivity index (χ4v) is 7.02. The topological polar surface area (TPSA) is 43.4 Å². The van der Waals surface area contributed by atoms with Gasteiger partial charge in [0.25, 0.3) is 10.1 Å². The minimum absolute atomic E-state index is 0.275. The van der Waals surface area contributed by atoms with Crippen molar-refractivity contribution in [2.75, 3.05) is 0 Å². The van der Waals surface area contributed by atoms with Crippen LogP contribution in [0.1, 0.15) is 24.5 Å². The maximum Gasteiger partial charge on any atom is 0.287 e. The Balaban J connectivity index is 3.07. The van der Waals surface area contributed by atoms with Crippen molar-refractivity contribution in [1.82, 2.24) is 0 Å². The maximum atomic E-state index is 12.2. The Morgan fingerprint density at radius 2 is 1.61 bits per heavy atom. The van der Waals surface area contributed by atoms with E-state index in [-0.39, 0.29) is 4.90 Å². The Labute approximate surface area is 111 Å². The average Bonchev–Trinajstić information content (AvgIpc) is 2.13. The fourth-order valence-electron chi connectivity index (χ4n) is 2.07. The van der Waals surface area contributed by atoms with Crippen molar-refractivity contribution in [2.24, 2.45) is 0 Å². The quantitative estimate of drug-likeness (QED) is 0.776. The zero-order chi connectivity index (χ0) is 14.0. The molecule has 0 spiro atoms. The maximum absolute atomic E-state index is 12.2. The van der Waals surface area contributed by atoms with Gasteiger partial charge in [0.2, 0.25) is 8.32 Å². The highest BCUT2D eigenvalue weighted by Gasteiger charge is 2.30. The number of rotatable bonds is 5. The molecule has 0 radical (unpaired) electrons. The minimum Gasteiger partial charge on any atom is -0.312 e. The van der Waals surface area contributed by atoms with E-state index in [1.807, 2.05) is 39.9 Å². The van der Waals surface area contributed by atoms with Gasteiger partial charge in [0.05, 0.1) is 4.90 Å². The number of hydrogen-bond donors (Lipinski definition) is 0. The van der Waals surface area contributed by atoms with Crippen LogP contribution in [0, 0.1) is 13.8 Å². The SMILES string of the molecule is CCC[Si](C)(C)OS(=O)(=O)c1cc(C)cc(C)c1. The average molecular weight is 286 g/mol.